The van der Waals surface area contributed by atoms with Crippen LogP contribution >= 0.6 is 0 Å². The minimum atomic E-state index is 0.300. The van der Waals surface area contributed by atoms with E-state index in [1.54, 1.807) is 0 Å². The number of fused-ring (bicyclic) bond motifs is 1. The minimum absolute atomic E-state index is 0.300. The number of aliphatic hydroxyl groups excluding tert-OH is 1. The van der Waals surface area contributed by atoms with E-state index in [1.165, 1.54) is 0 Å². The lowest BCUT2D eigenvalue weighted by Crippen LogP contribution is -2.34. The normalized spacial score (nSPS) is 15.1. The van der Waals surface area contributed by atoms with E-state index in [0.717, 1.165) is 62.7 Å². The first kappa shape index (κ1) is 14.2. The molecule has 1 aliphatic rings. The maximum absolute atomic E-state index is 8.81. The molecular weight excluding hydrogens is 264 g/mol. The van der Waals surface area contributed by atoms with E-state index in [9.17, 15) is 0 Å². The fourth-order valence-corrected chi connectivity index (χ4v) is 2.82. The highest BCUT2D eigenvalue weighted by molar-refractivity contribution is 5.55. The summed E-state index contributed by atoms with van der Waals surface area (Å²) in [5.74, 6) is 2.03. The van der Waals surface area contributed by atoms with E-state index in [4.69, 9.17) is 5.11 Å². The number of aromatic nitrogens is 3. The molecule has 0 fully saturated rings. The topological polar surface area (TPSA) is 54.2 Å². The fraction of sp³-hybridized carbons (Fsp3) is 0.500. The summed E-state index contributed by atoms with van der Waals surface area (Å²) in [6, 6.07) is 10.3. The van der Waals surface area contributed by atoms with Gasteiger partial charge in [-0.3, -0.25) is 4.90 Å². The van der Waals surface area contributed by atoms with E-state index in [2.05, 4.69) is 31.8 Å². The second-order valence-electron chi connectivity index (χ2n) is 5.52. The lowest BCUT2D eigenvalue weighted by Gasteiger charge is -2.27. The van der Waals surface area contributed by atoms with Crippen molar-refractivity contribution in [1.82, 2.24) is 19.7 Å². The van der Waals surface area contributed by atoms with E-state index in [-0.39, 0.29) is 0 Å². The molecule has 0 bridgehead atoms. The van der Waals surface area contributed by atoms with Gasteiger partial charge >= 0.3 is 0 Å². The van der Waals surface area contributed by atoms with Crippen LogP contribution in [0.4, 0.5) is 0 Å². The van der Waals surface area contributed by atoms with Crippen molar-refractivity contribution in [2.24, 2.45) is 0 Å². The van der Waals surface area contributed by atoms with Gasteiger partial charge in [0.2, 0.25) is 0 Å². The SMILES string of the molecule is OCCCCCN1CCn2c(nnc2-c2ccccc2)C1. The Morgan fingerprint density at radius 1 is 1.00 bits per heavy atom. The standard InChI is InChI=1S/C16H22N4O/c21-12-6-2-5-9-19-10-11-20-15(13-19)17-18-16(20)14-7-3-1-4-8-14/h1,3-4,7-8,21H,2,5-6,9-13H2. The van der Waals surface area contributed by atoms with Gasteiger partial charge in [0.1, 0.15) is 5.82 Å². The van der Waals surface area contributed by atoms with Crippen LogP contribution in [-0.2, 0) is 13.1 Å². The quantitative estimate of drug-likeness (QED) is 0.824. The maximum atomic E-state index is 8.81. The number of hydrogen-bond acceptors (Lipinski definition) is 4. The van der Waals surface area contributed by atoms with Gasteiger partial charge < -0.3 is 9.67 Å². The third kappa shape index (κ3) is 3.31. The van der Waals surface area contributed by atoms with E-state index < -0.39 is 0 Å². The van der Waals surface area contributed by atoms with Crippen molar-refractivity contribution in [3.63, 3.8) is 0 Å². The van der Waals surface area contributed by atoms with E-state index >= 15 is 0 Å². The predicted octanol–water partition coefficient (Wildman–Crippen LogP) is 1.92. The molecule has 1 aliphatic heterocycles. The predicted molar refractivity (Wildman–Crippen MR) is 81.7 cm³/mol. The van der Waals surface area contributed by atoms with Crippen LogP contribution in [0.5, 0.6) is 0 Å². The monoisotopic (exact) mass is 286 g/mol. The average molecular weight is 286 g/mol. The number of aliphatic hydroxyl groups is 1. The first-order valence-electron chi connectivity index (χ1n) is 7.69. The molecule has 0 spiro atoms. The van der Waals surface area contributed by atoms with E-state index in [0.29, 0.717) is 6.61 Å². The molecule has 112 valence electrons. The van der Waals surface area contributed by atoms with Crippen LogP contribution in [0.25, 0.3) is 11.4 Å². The molecule has 0 atom stereocenters. The van der Waals surface area contributed by atoms with Gasteiger partial charge in [-0.2, -0.15) is 0 Å². The summed E-state index contributed by atoms with van der Waals surface area (Å²) in [5, 5.41) is 17.5. The molecule has 0 unspecified atom stereocenters. The second-order valence-corrected chi connectivity index (χ2v) is 5.52. The molecule has 3 rings (SSSR count). The Labute approximate surface area is 125 Å². The molecule has 1 aromatic carbocycles. The van der Waals surface area contributed by atoms with Crippen LogP contribution < -0.4 is 0 Å². The van der Waals surface area contributed by atoms with Crippen molar-refractivity contribution in [1.29, 1.82) is 0 Å². The lowest BCUT2D eigenvalue weighted by molar-refractivity contribution is 0.209. The van der Waals surface area contributed by atoms with Crippen molar-refractivity contribution in [3.8, 4) is 11.4 Å². The highest BCUT2D eigenvalue weighted by Crippen LogP contribution is 2.21. The summed E-state index contributed by atoms with van der Waals surface area (Å²) in [6.45, 7) is 4.25. The van der Waals surface area contributed by atoms with E-state index in [1.807, 2.05) is 18.2 Å². The van der Waals surface area contributed by atoms with Crippen LogP contribution in [0.15, 0.2) is 30.3 Å². The third-order valence-electron chi connectivity index (χ3n) is 4.00. The molecule has 2 heterocycles. The summed E-state index contributed by atoms with van der Waals surface area (Å²) in [7, 11) is 0. The Morgan fingerprint density at radius 2 is 1.86 bits per heavy atom. The maximum Gasteiger partial charge on any atom is 0.164 e. The number of rotatable bonds is 6. The van der Waals surface area contributed by atoms with Crippen molar-refractivity contribution in [2.45, 2.75) is 32.4 Å². The van der Waals surface area contributed by atoms with Gasteiger partial charge in [-0.05, 0) is 25.8 Å². The molecule has 21 heavy (non-hydrogen) atoms. The van der Waals surface area contributed by atoms with Gasteiger partial charge in [-0.25, -0.2) is 0 Å². The molecule has 5 nitrogen and oxygen atoms in total. The number of hydrogen-bond donors (Lipinski definition) is 1. The zero-order valence-electron chi connectivity index (χ0n) is 12.3. The number of nitrogens with zero attached hydrogens (tertiary/aromatic N) is 4. The Bertz CT molecular complexity index is 567. The highest BCUT2D eigenvalue weighted by atomic mass is 16.2. The van der Waals surface area contributed by atoms with Crippen LogP contribution in [-0.4, -0.2) is 44.5 Å². The summed E-state index contributed by atoms with van der Waals surface area (Å²) >= 11 is 0. The summed E-state index contributed by atoms with van der Waals surface area (Å²) < 4.78 is 2.24. The smallest absolute Gasteiger partial charge is 0.164 e. The molecule has 1 aromatic heterocycles. The number of benzene rings is 1. The first-order valence-corrected chi connectivity index (χ1v) is 7.69. The second kappa shape index (κ2) is 6.83. The van der Waals surface area contributed by atoms with Gasteiger partial charge in [0.25, 0.3) is 0 Å². The molecule has 2 aromatic rings. The van der Waals surface area contributed by atoms with Crippen molar-refractivity contribution in [3.05, 3.63) is 36.2 Å². The molecule has 0 saturated carbocycles. The minimum Gasteiger partial charge on any atom is -0.396 e. The van der Waals surface area contributed by atoms with Crippen LogP contribution in [0.2, 0.25) is 0 Å². The molecule has 1 N–H and O–H groups in total. The van der Waals surface area contributed by atoms with Crippen molar-refractivity contribution < 1.29 is 5.11 Å². The first-order chi connectivity index (χ1) is 10.4. The molecular formula is C16H22N4O. The Balaban J connectivity index is 1.64. The Kier molecular flexibility index (Phi) is 4.62. The van der Waals surface area contributed by atoms with Crippen LogP contribution in [0.1, 0.15) is 25.1 Å². The zero-order valence-corrected chi connectivity index (χ0v) is 12.3. The summed E-state index contributed by atoms with van der Waals surface area (Å²) in [4.78, 5) is 2.43. The van der Waals surface area contributed by atoms with Crippen LogP contribution in [0, 0.1) is 0 Å². The largest absolute Gasteiger partial charge is 0.396 e. The third-order valence-corrected chi connectivity index (χ3v) is 4.00. The van der Waals surface area contributed by atoms with Gasteiger partial charge in [-0.15, -0.1) is 10.2 Å². The molecule has 5 heteroatoms. The molecule has 0 aliphatic carbocycles. The van der Waals surface area contributed by atoms with Gasteiger partial charge in [0, 0.05) is 25.3 Å². The van der Waals surface area contributed by atoms with Crippen LogP contribution in [0.3, 0.4) is 0 Å². The summed E-state index contributed by atoms with van der Waals surface area (Å²) in [5.41, 5.74) is 1.13. The van der Waals surface area contributed by atoms with Gasteiger partial charge in [-0.1, -0.05) is 30.3 Å². The molecule has 0 radical (unpaired) electrons. The zero-order chi connectivity index (χ0) is 14.5. The van der Waals surface area contributed by atoms with Crippen molar-refractivity contribution >= 4 is 0 Å². The highest BCUT2D eigenvalue weighted by Gasteiger charge is 2.21. The Morgan fingerprint density at radius 3 is 2.67 bits per heavy atom. The van der Waals surface area contributed by atoms with Gasteiger partial charge in [0.15, 0.2) is 5.82 Å². The van der Waals surface area contributed by atoms with Gasteiger partial charge in [0.05, 0.1) is 6.54 Å². The molecule has 0 amide bonds. The fourth-order valence-electron chi connectivity index (χ4n) is 2.82. The van der Waals surface area contributed by atoms with Crippen molar-refractivity contribution in [2.75, 3.05) is 19.7 Å². The lowest BCUT2D eigenvalue weighted by atomic mass is 10.2. The average Bonchev–Trinajstić information content (AvgIpc) is 2.95. The number of unbranched alkanes of at least 4 members (excludes halogenated alkanes) is 2. The summed E-state index contributed by atoms with van der Waals surface area (Å²) in [6.07, 6.45) is 3.14. The molecule has 0 saturated heterocycles. The Hall–Kier alpha value is -1.72.